The van der Waals surface area contributed by atoms with Crippen LogP contribution in [0.5, 0.6) is 5.75 Å². The molecule has 0 unspecified atom stereocenters. The van der Waals surface area contributed by atoms with Crippen LogP contribution in [-0.2, 0) is 0 Å². The molecular weight excluding hydrogens is 311 g/mol. The average molecular weight is 327 g/mol. The molecule has 6 heteroatoms. The fraction of sp³-hybridized carbons (Fsp3) is 0.200. The van der Waals surface area contributed by atoms with E-state index in [-0.39, 0.29) is 18.3 Å². The van der Waals surface area contributed by atoms with E-state index in [1.54, 1.807) is 37.7 Å². The van der Waals surface area contributed by atoms with Crippen LogP contribution in [0.25, 0.3) is 0 Å². The van der Waals surface area contributed by atoms with Crippen LogP contribution in [0.15, 0.2) is 30.6 Å². The SMILES string of the molecule is COc1cc(C)c(Cl)c(C)c1NC(=O)c1ccncc1.Cl. The van der Waals surface area contributed by atoms with Crippen LogP contribution < -0.4 is 10.1 Å². The molecule has 4 nitrogen and oxygen atoms in total. The number of amides is 1. The summed E-state index contributed by atoms with van der Waals surface area (Å²) in [7, 11) is 1.56. The zero-order valence-electron chi connectivity index (χ0n) is 11.9. The Hall–Kier alpha value is -1.78. The molecule has 0 radical (unpaired) electrons. The highest BCUT2D eigenvalue weighted by Gasteiger charge is 2.15. The maximum Gasteiger partial charge on any atom is 0.255 e. The van der Waals surface area contributed by atoms with Gasteiger partial charge in [-0.3, -0.25) is 9.78 Å². The number of hydrogen-bond donors (Lipinski definition) is 1. The van der Waals surface area contributed by atoms with Gasteiger partial charge in [-0.25, -0.2) is 0 Å². The van der Waals surface area contributed by atoms with Crippen molar-refractivity contribution in [2.75, 3.05) is 12.4 Å². The van der Waals surface area contributed by atoms with Crippen molar-refractivity contribution >= 4 is 35.6 Å². The summed E-state index contributed by atoms with van der Waals surface area (Å²) in [6, 6.07) is 5.09. The number of nitrogens with one attached hydrogen (secondary N) is 1. The minimum atomic E-state index is -0.228. The number of methoxy groups -OCH3 is 1. The van der Waals surface area contributed by atoms with Gasteiger partial charge in [0.25, 0.3) is 5.91 Å². The monoisotopic (exact) mass is 326 g/mol. The number of pyridine rings is 1. The van der Waals surface area contributed by atoms with Crippen LogP contribution >= 0.6 is 24.0 Å². The van der Waals surface area contributed by atoms with Crippen LogP contribution in [0.3, 0.4) is 0 Å². The number of ether oxygens (including phenoxy) is 1. The normalized spacial score (nSPS) is 9.71. The van der Waals surface area contributed by atoms with Crippen molar-refractivity contribution in [2.45, 2.75) is 13.8 Å². The molecule has 0 atom stereocenters. The average Bonchev–Trinajstić information content (AvgIpc) is 2.48. The first kappa shape index (κ1) is 17.3. The van der Waals surface area contributed by atoms with Gasteiger partial charge in [0.05, 0.1) is 12.8 Å². The Morgan fingerprint density at radius 1 is 1.29 bits per heavy atom. The first-order chi connectivity index (χ1) is 9.54. The zero-order chi connectivity index (χ0) is 14.7. The van der Waals surface area contributed by atoms with Crippen molar-refractivity contribution in [1.82, 2.24) is 4.98 Å². The van der Waals surface area contributed by atoms with Gasteiger partial charge in [0.1, 0.15) is 5.75 Å². The number of carbonyl (C=O) groups excluding carboxylic acids is 1. The third-order valence-corrected chi connectivity index (χ3v) is 3.63. The lowest BCUT2D eigenvalue weighted by Crippen LogP contribution is -2.14. The highest BCUT2D eigenvalue weighted by atomic mass is 35.5. The predicted molar refractivity (Wildman–Crippen MR) is 86.9 cm³/mol. The molecule has 1 amide bonds. The molecule has 1 N–H and O–H groups in total. The first-order valence-electron chi connectivity index (χ1n) is 6.09. The Kier molecular flexibility index (Phi) is 6.00. The van der Waals surface area contributed by atoms with Crippen LogP contribution in [0, 0.1) is 13.8 Å². The van der Waals surface area contributed by atoms with Gasteiger partial charge in [-0.15, -0.1) is 12.4 Å². The third-order valence-electron chi connectivity index (χ3n) is 3.05. The fourth-order valence-electron chi connectivity index (χ4n) is 1.93. The highest BCUT2D eigenvalue weighted by Crippen LogP contribution is 2.36. The molecular formula is C15H16Cl2N2O2. The van der Waals surface area contributed by atoms with E-state index in [1.165, 1.54) is 0 Å². The molecule has 0 spiro atoms. The van der Waals surface area contributed by atoms with Crippen molar-refractivity contribution in [3.63, 3.8) is 0 Å². The summed E-state index contributed by atoms with van der Waals surface area (Å²) in [5.74, 6) is 0.362. The third kappa shape index (κ3) is 3.65. The van der Waals surface area contributed by atoms with Crippen molar-refractivity contribution in [3.05, 3.63) is 52.3 Å². The van der Waals surface area contributed by atoms with Gasteiger partial charge in [-0.1, -0.05) is 11.6 Å². The number of anilines is 1. The molecule has 0 fully saturated rings. The Morgan fingerprint density at radius 3 is 2.48 bits per heavy atom. The second-order valence-electron chi connectivity index (χ2n) is 4.40. The summed E-state index contributed by atoms with van der Waals surface area (Å²) in [5.41, 5.74) is 2.80. The van der Waals surface area contributed by atoms with Gasteiger partial charge in [0, 0.05) is 23.0 Å². The number of hydrogen-bond acceptors (Lipinski definition) is 3. The van der Waals surface area contributed by atoms with Gasteiger partial charge in [-0.2, -0.15) is 0 Å². The molecule has 0 bridgehead atoms. The van der Waals surface area contributed by atoms with E-state index in [0.29, 0.717) is 22.0 Å². The number of aromatic nitrogens is 1. The van der Waals surface area contributed by atoms with Crippen LogP contribution in [0.2, 0.25) is 5.02 Å². The Bertz CT molecular complexity index is 646. The molecule has 0 aliphatic rings. The van der Waals surface area contributed by atoms with Crippen molar-refractivity contribution < 1.29 is 9.53 Å². The minimum Gasteiger partial charge on any atom is -0.495 e. The number of carbonyl (C=O) groups is 1. The largest absolute Gasteiger partial charge is 0.495 e. The molecule has 1 aromatic heterocycles. The predicted octanol–water partition coefficient (Wildman–Crippen LogP) is 4.03. The summed E-state index contributed by atoms with van der Waals surface area (Å²) in [5, 5.41) is 3.46. The molecule has 1 aromatic carbocycles. The Morgan fingerprint density at radius 2 is 1.90 bits per heavy atom. The Balaban J connectivity index is 0.00000220. The lowest BCUT2D eigenvalue weighted by Gasteiger charge is -2.16. The summed E-state index contributed by atoms with van der Waals surface area (Å²) in [4.78, 5) is 16.1. The first-order valence-corrected chi connectivity index (χ1v) is 6.47. The second-order valence-corrected chi connectivity index (χ2v) is 4.78. The van der Waals surface area contributed by atoms with E-state index in [0.717, 1.165) is 11.1 Å². The minimum absolute atomic E-state index is 0. The molecule has 2 rings (SSSR count). The number of halogens is 2. The molecule has 0 aliphatic carbocycles. The molecule has 21 heavy (non-hydrogen) atoms. The molecule has 0 aliphatic heterocycles. The lowest BCUT2D eigenvalue weighted by atomic mass is 10.1. The number of nitrogens with zero attached hydrogens (tertiary/aromatic N) is 1. The second kappa shape index (κ2) is 7.29. The topological polar surface area (TPSA) is 51.2 Å². The zero-order valence-corrected chi connectivity index (χ0v) is 13.5. The highest BCUT2D eigenvalue weighted by molar-refractivity contribution is 6.32. The van der Waals surface area contributed by atoms with Crippen molar-refractivity contribution in [1.29, 1.82) is 0 Å². The standard InChI is InChI=1S/C15H15ClN2O2.ClH/c1-9-8-12(20-3)14(10(2)13(9)16)18-15(19)11-4-6-17-7-5-11;/h4-8H,1-3H3,(H,18,19);1H. The Labute approximate surface area is 134 Å². The number of aryl methyl sites for hydroxylation is 1. The van der Waals surface area contributed by atoms with E-state index < -0.39 is 0 Å². The van der Waals surface area contributed by atoms with Crippen LogP contribution in [-0.4, -0.2) is 18.0 Å². The molecule has 2 aromatic rings. The molecule has 1 heterocycles. The van der Waals surface area contributed by atoms with Crippen LogP contribution in [0.4, 0.5) is 5.69 Å². The van der Waals surface area contributed by atoms with E-state index in [2.05, 4.69) is 10.3 Å². The molecule has 0 saturated carbocycles. The summed E-state index contributed by atoms with van der Waals surface area (Å²) in [6.45, 7) is 3.74. The summed E-state index contributed by atoms with van der Waals surface area (Å²) >= 11 is 6.22. The molecule has 0 saturated heterocycles. The van der Waals surface area contributed by atoms with E-state index in [9.17, 15) is 4.79 Å². The van der Waals surface area contributed by atoms with Crippen LogP contribution in [0.1, 0.15) is 21.5 Å². The maximum absolute atomic E-state index is 12.2. The summed E-state index contributed by atoms with van der Waals surface area (Å²) < 4.78 is 5.31. The van der Waals surface area contributed by atoms with E-state index in [1.807, 2.05) is 13.8 Å². The van der Waals surface area contributed by atoms with Gasteiger partial charge < -0.3 is 10.1 Å². The van der Waals surface area contributed by atoms with Gasteiger partial charge >= 0.3 is 0 Å². The van der Waals surface area contributed by atoms with Gasteiger partial charge in [0.2, 0.25) is 0 Å². The van der Waals surface area contributed by atoms with E-state index >= 15 is 0 Å². The van der Waals surface area contributed by atoms with Gasteiger partial charge in [0.15, 0.2) is 0 Å². The van der Waals surface area contributed by atoms with E-state index in [4.69, 9.17) is 16.3 Å². The van der Waals surface area contributed by atoms with Crippen molar-refractivity contribution in [3.8, 4) is 5.75 Å². The number of rotatable bonds is 3. The lowest BCUT2D eigenvalue weighted by molar-refractivity contribution is 0.102. The smallest absolute Gasteiger partial charge is 0.255 e. The summed E-state index contributed by atoms with van der Waals surface area (Å²) in [6.07, 6.45) is 3.14. The number of benzene rings is 1. The maximum atomic E-state index is 12.2. The fourth-order valence-corrected chi connectivity index (χ4v) is 2.08. The molecule has 112 valence electrons. The van der Waals surface area contributed by atoms with Gasteiger partial charge in [-0.05, 0) is 43.2 Å². The van der Waals surface area contributed by atoms with Crippen molar-refractivity contribution in [2.24, 2.45) is 0 Å². The quantitative estimate of drug-likeness (QED) is 0.926.